The lowest BCUT2D eigenvalue weighted by atomic mass is 10.2. The summed E-state index contributed by atoms with van der Waals surface area (Å²) in [5.74, 6) is 0.531. The monoisotopic (exact) mass is 283 g/mol. The Bertz CT molecular complexity index is 795. The highest BCUT2D eigenvalue weighted by Crippen LogP contribution is 2.21. The van der Waals surface area contributed by atoms with Gasteiger partial charge >= 0.3 is 0 Å². The minimum Gasteiger partial charge on any atom is -0.359 e. The summed E-state index contributed by atoms with van der Waals surface area (Å²) >= 11 is 0. The number of aromatic nitrogens is 2. The molecule has 0 fully saturated rings. The summed E-state index contributed by atoms with van der Waals surface area (Å²) in [7, 11) is 0. The molecular weight excluding hydrogens is 266 g/mol. The maximum Gasteiger partial charge on any atom is 0.244 e. The van der Waals surface area contributed by atoms with Crippen molar-refractivity contribution in [2.24, 2.45) is 0 Å². The van der Waals surface area contributed by atoms with Crippen LogP contribution in [0.5, 0.6) is 0 Å². The van der Waals surface area contributed by atoms with Crippen LogP contribution in [-0.4, -0.2) is 15.6 Å². The predicted octanol–water partition coefficient (Wildman–Crippen LogP) is 3.19. The summed E-state index contributed by atoms with van der Waals surface area (Å²) in [4.78, 5) is 12.3. The third-order valence-electron chi connectivity index (χ3n) is 3.62. The van der Waals surface area contributed by atoms with Crippen molar-refractivity contribution >= 4 is 22.5 Å². The number of para-hydroxylation sites is 1. The van der Waals surface area contributed by atoms with Gasteiger partial charge in [-0.1, -0.05) is 23.4 Å². The van der Waals surface area contributed by atoms with Gasteiger partial charge in [0, 0.05) is 11.2 Å². The normalized spacial score (nSPS) is 11.0. The summed E-state index contributed by atoms with van der Waals surface area (Å²) in [6.07, 6.45) is 0. The summed E-state index contributed by atoms with van der Waals surface area (Å²) in [6, 6.07) is 10.1. The van der Waals surface area contributed by atoms with Gasteiger partial charge in [0.1, 0.15) is 17.9 Å². The van der Waals surface area contributed by atoms with Gasteiger partial charge < -0.3 is 14.4 Å². The van der Waals surface area contributed by atoms with Gasteiger partial charge in [0.05, 0.1) is 0 Å². The van der Waals surface area contributed by atoms with E-state index in [2.05, 4.69) is 16.5 Å². The summed E-state index contributed by atoms with van der Waals surface area (Å²) in [5, 5.41) is 7.85. The van der Waals surface area contributed by atoms with Crippen molar-refractivity contribution in [3.05, 3.63) is 47.5 Å². The van der Waals surface area contributed by atoms with Crippen LogP contribution in [-0.2, 0) is 11.3 Å². The van der Waals surface area contributed by atoms with E-state index in [9.17, 15) is 4.79 Å². The van der Waals surface area contributed by atoms with Crippen molar-refractivity contribution < 1.29 is 9.32 Å². The van der Waals surface area contributed by atoms with E-state index in [0.29, 0.717) is 17.1 Å². The molecular formula is C16H17N3O2. The largest absolute Gasteiger partial charge is 0.359 e. The number of nitrogens with one attached hydrogen (secondary N) is 1. The molecule has 5 heteroatoms. The zero-order valence-electron chi connectivity index (χ0n) is 12.3. The van der Waals surface area contributed by atoms with E-state index in [1.54, 1.807) is 6.92 Å². The van der Waals surface area contributed by atoms with Gasteiger partial charge in [-0.2, -0.15) is 0 Å². The Kier molecular flexibility index (Phi) is 3.25. The fourth-order valence-corrected chi connectivity index (χ4v) is 2.54. The molecule has 1 aromatic carbocycles. The van der Waals surface area contributed by atoms with Crippen LogP contribution in [0.25, 0.3) is 10.9 Å². The van der Waals surface area contributed by atoms with E-state index in [1.807, 2.05) is 42.7 Å². The molecule has 2 heterocycles. The molecule has 0 bridgehead atoms. The quantitative estimate of drug-likeness (QED) is 0.803. The highest BCUT2D eigenvalue weighted by atomic mass is 16.5. The molecule has 0 aliphatic rings. The van der Waals surface area contributed by atoms with E-state index in [0.717, 1.165) is 16.6 Å². The lowest BCUT2D eigenvalue weighted by Crippen LogP contribution is -2.19. The number of nitrogens with zero attached hydrogens (tertiary/aromatic N) is 2. The van der Waals surface area contributed by atoms with Crippen LogP contribution in [0, 0.1) is 20.8 Å². The minimum atomic E-state index is -0.0890. The second kappa shape index (κ2) is 5.09. The van der Waals surface area contributed by atoms with Gasteiger partial charge in [0.2, 0.25) is 5.91 Å². The number of amides is 1. The molecule has 0 spiro atoms. The molecule has 21 heavy (non-hydrogen) atoms. The summed E-state index contributed by atoms with van der Waals surface area (Å²) < 4.78 is 7.06. The van der Waals surface area contributed by atoms with Gasteiger partial charge in [-0.15, -0.1) is 0 Å². The van der Waals surface area contributed by atoms with Crippen molar-refractivity contribution in [3.63, 3.8) is 0 Å². The third kappa shape index (κ3) is 2.42. The van der Waals surface area contributed by atoms with E-state index in [1.165, 1.54) is 0 Å². The number of hydrogen-bond donors (Lipinski definition) is 1. The first-order valence-corrected chi connectivity index (χ1v) is 6.84. The molecule has 1 amide bonds. The lowest BCUT2D eigenvalue weighted by Gasteiger charge is -2.09. The minimum absolute atomic E-state index is 0.0890. The Morgan fingerprint density at radius 3 is 2.76 bits per heavy atom. The number of hydrogen-bond acceptors (Lipinski definition) is 3. The Balaban J connectivity index is 1.85. The highest BCUT2D eigenvalue weighted by Gasteiger charge is 2.14. The Morgan fingerprint density at radius 2 is 2.05 bits per heavy atom. The molecule has 0 aliphatic carbocycles. The van der Waals surface area contributed by atoms with Crippen LogP contribution in [0.4, 0.5) is 5.69 Å². The average Bonchev–Trinajstić information content (AvgIpc) is 2.93. The molecule has 3 rings (SSSR count). The standard InChI is InChI=1S/C16H17N3O2/c1-10-8-13-6-4-5-7-14(13)19(10)9-15(20)17-16-11(2)18-21-12(16)3/h4-8H,9H2,1-3H3,(H,17,20). The first-order valence-electron chi connectivity index (χ1n) is 6.84. The number of benzene rings is 1. The molecule has 5 nitrogen and oxygen atoms in total. The SMILES string of the molecule is Cc1noc(C)c1NC(=O)Cn1c(C)cc2ccccc21. The average molecular weight is 283 g/mol. The summed E-state index contributed by atoms with van der Waals surface area (Å²) in [5.41, 5.74) is 3.47. The highest BCUT2D eigenvalue weighted by molar-refractivity contribution is 5.93. The van der Waals surface area contributed by atoms with E-state index in [4.69, 9.17) is 4.52 Å². The molecule has 0 atom stereocenters. The zero-order chi connectivity index (χ0) is 15.0. The van der Waals surface area contributed by atoms with Gasteiger partial charge in [0.15, 0.2) is 5.76 Å². The van der Waals surface area contributed by atoms with Gasteiger partial charge in [-0.3, -0.25) is 4.79 Å². The first kappa shape index (κ1) is 13.4. The first-order chi connectivity index (χ1) is 10.1. The van der Waals surface area contributed by atoms with E-state index < -0.39 is 0 Å². The molecule has 0 radical (unpaired) electrons. The second-order valence-corrected chi connectivity index (χ2v) is 5.18. The number of anilines is 1. The number of carbonyl (C=O) groups excluding carboxylic acids is 1. The Morgan fingerprint density at radius 1 is 1.29 bits per heavy atom. The third-order valence-corrected chi connectivity index (χ3v) is 3.62. The number of fused-ring (bicyclic) bond motifs is 1. The molecule has 108 valence electrons. The number of rotatable bonds is 3. The smallest absolute Gasteiger partial charge is 0.244 e. The maximum atomic E-state index is 12.3. The van der Waals surface area contributed by atoms with Gasteiger partial charge in [-0.05, 0) is 38.3 Å². The maximum absolute atomic E-state index is 12.3. The van der Waals surface area contributed by atoms with Gasteiger partial charge in [0.25, 0.3) is 0 Å². The molecule has 3 aromatic rings. The topological polar surface area (TPSA) is 60.1 Å². The van der Waals surface area contributed by atoms with Crippen LogP contribution in [0.1, 0.15) is 17.1 Å². The predicted molar refractivity (Wildman–Crippen MR) is 81.3 cm³/mol. The number of carbonyl (C=O) groups is 1. The van der Waals surface area contributed by atoms with Crippen molar-refractivity contribution in [1.82, 2.24) is 9.72 Å². The molecule has 1 N–H and O–H groups in total. The van der Waals surface area contributed by atoms with Crippen LogP contribution in [0.2, 0.25) is 0 Å². The molecule has 0 saturated heterocycles. The van der Waals surface area contributed by atoms with Crippen LogP contribution >= 0.6 is 0 Å². The van der Waals surface area contributed by atoms with E-state index in [-0.39, 0.29) is 12.5 Å². The van der Waals surface area contributed by atoms with Crippen LogP contribution < -0.4 is 5.32 Å². The second-order valence-electron chi connectivity index (χ2n) is 5.18. The van der Waals surface area contributed by atoms with Crippen molar-refractivity contribution in [3.8, 4) is 0 Å². The summed E-state index contributed by atoms with van der Waals surface area (Å²) in [6.45, 7) is 5.86. The van der Waals surface area contributed by atoms with Crippen LogP contribution in [0.15, 0.2) is 34.9 Å². The molecule has 2 aromatic heterocycles. The number of aryl methyl sites for hydroxylation is 3. The van der Waals surface area contributed by atoms with Gasteiger partial charge in [-0.25, -0.2) is 0 Å². The Hall–Kier alpha value is -2.56. The zero-order valence-corrected chi connectivity index (χ0v) is 12.3. The van der Waals surface area contributed by atoms with Crippen molar-refractivity contribution in [2.45, 2.75) is 27.3 Å². The lowest BCUT2D eigenvalue weighted by molar-refractivity contribution is -0.116. The fourth-order valence-electron chi connectivity index (χ4n) is 2.54. The molecule has 0 saturated carbocycles. The van der Waals surface area contributed by atoms with Crippen molar-refractivity contribution in [1.29, 1.82) is 0 Å². The fraction of sp³-hybridized carbons (Fsp3) is 0.250. The molecule has 0 aliphatic heterocycles. The Labute approximate surface area is 122 Å². The molecule has 0 unspecified atom stereocenters. The van der Waals surface area contributed by atoms with Crippen molar-refractivity contribution in [2.75, 3.05) is 5.32 Å². The van der Waals surface area contributed by atoms with E-state index >= 15 is 0 Å². The van der Waals surface area contributed by atoms with Crippen LogP contribution in [0.3, 0.4) is 0 Å².